The number of nitrogens with zero attached hydrogens (tertiary/aromatic N) is 2. The molecule has 0 radical (unpaired) electrons. The number of hydrogen-bond acceptors (Lipinski definition) is 2. The second kappa shape index (κ2) is 7.59. The molecule has 1 aliphatic heterocycles. The molecule has 4 heteroatoms. The van der Waals surface area contributed by atoms with Crippen LogP contribution in [-0.2, 0) is 15.0 Å². The smallest absolute Gasteiger partial charge is 0.233 e. The normalized spacial score (nSPS) is 18.8. The van der Waals surface area contributed by atoms with E-state index in [-0.39, 0.29) is 11.8 Å². The van der Waals surface area contributed by atoms with Gasteiger partial charge in [0.05, 0.1) is 5.41 Å². The average molecular weight is 342 g/mol. The topological polar surface area (TPSA) is 40.6 Å². The van der Waals surface area contributed by atoms with Crippen LogP contribution in [0.15, 0.2) is 30.3 Å². The first-order valence-electron chi connectivity index (χ1n) is 9.76. The number of benzene rings is 1. The molecule has 4 nitrogen and oxygen atoms in total. The Morgan fingerprint density at radius 3 is 2.16 bits per heavy atom. The van der Waals surface area contributed by atoms with Gasteiger partial charge in [-0.05, 0) is 37.7 Å². The van der Waals surface area contributed by atoms with Crippen molar-refractivity contribution in [1.29, 1.82) is 0 Å². The van der Waals surface area contributed by atoms with Gasteiger partial charge in [-0.2, -0.15) is 0 Å². The van der Waals surface area contributed by atoms with E-state index in [2.05, 4.69) is 26.0 Å². The van der Waals surface area contributed by atoms with Gasteiger partial charge in [0.25, 0.3) is 0 Å². The summed E-state index contributed by atoms with van der Waals surface area (Å²) in [5, 5.41) is 0. The first-order valence-corrected chi connectivity index (χ1v) is 9.76. The van der Waals surface area contributed by atoms with Crippen LogP contribution >= 0.6 is 0 Å². The fourth-order valence-electron chi connectivity index (χ4n) is 4.07. The summed E-state index contributed by atoms with van der Waals surface area (Å²) in [6.07, 6.45) is 4.56. The predicted molar refractivity (Wildman–Crippen MR) is 99.2 cm³/mol. The number of carbonyl (C=O) groups excluding carboxylic acids is 2. The van der Waals surface area contributed by atoms with Crippen LogP contribution in [0.5, 0.6) is 0 Å². The van der Waals surface area contributed by atoms with Crippen molar-refractivity contribution in [2.24, 2.45) is 5.92 Å². The van der Waals surface area contributed by atoms with Gasteiger partial charge >= 0.3 is 0 Å². The highest BCUT2D eigenvalue weighted by atomic mass is 16.2. The number of rotatable bonds is 5. The summed E-state index contributed by atoms with van der Waals surface area (Å²) in [4.78, 5) is 29.8. The SMILES string of the molecule is CCC(CC)(C(=O)N1CCCN(C(=O)C2CC2)CC1)c1ccccc1. The minimum atomic E-state index is -0.447. The third kappa shape index (κ3) is 3.58. The van der Waals surface area contributed by atoms with E-state index < -0.39 is 5.41 Å². The lowest BCUT2D eigenvalue weighted by atomic mass is 9.74. The van der Waals surface area contributed by atoms with Gasteiger partial charge in [-0.3, -0.25) is 9.59 Å². The van der Waals surface area contributed by atoms with Crippen molar-refractivity contribution in [2.45, 2.75) is 51.4 Å². The minimum absolute atomic E-state index is 0.226. The van der Waals surface area contributed by atoms with Gasteiger partial charge in [0.1, 0.15) is 0 Å². The molecular formula is C21H30N2O2. The van der Waals surface area contributed by atoms with Crippen molar-refractivity contribution in [3.05, 3.63) is 35.9 Å². The summed E-state index contributed by atoms with van der Waals surface area (Å²) in [5.41, 5.74) is 0.664. The fourth-order valence-corrected chi connectivity index (χ4v) is 4.07. The number of amides is 2. The quantitative estimate of drug-likeness (QED) is 0.824. The summed E-state index contributed by atoms with van der Waals surface area (Å²) >= 11 is 0. The highest BCUT2D eigenvalue weighted by molar-refractivity contribution is 5.88. The molecule has 0 bridgehead atoms. The summed E-state index contributed by atoms with van der Waals surface area (Å²) in [7, 11) is 0. The molecule has 0 unspecified atom stereocenters. The maximum absolute atomic E-state index is 13.5. The zero-order valence-corrected chi connectivity index (χ0v) is 15.5. The molecule has 1 heterocycles. The zero-order chi connectivity index (χ0) is 17.9. The van der Waals surface area contributed by atoms with Gasteiger partial charge in [-0.15, -0.1) is 0 Å². The maximum Gasteiger partial charge on any atom is 0.233 e. The standard InChI is InChI=1S/C21H30N2O2/c1-3-21(4-2,18-9-6-5-7-10-18)20(25)23-14-8-13-22(15-16-23)19(24)17-11-12-17/h5-7,9-10,17H,3-4,8,11-16H2,1-2H3. The van der Waals surface area contributed by atoms with Crippen molar-refractivity contribution in [2.75, 3.05) is 26.2 Å². The molecule has 0 N–H and O–H groups in total. The van der Waals surface area contributed by atoms with Crippen LogP contribution in [-0.4, -0.2) is 47.8 Å². The largest absolute Gasteiger partial charge is 0.341 e. The third-order valence-corrected chi connectivity index (χ3v) is 5.96. The van der Waals surface area contributed by atoms with Crippen molar-refractivity contribution >= 4 is 11.8 Å². The molecule has 1 saturated carbocycles. The van der Waals surface area contributed by atoms with Crippen molar-refractivity contribution < 1.29 is 9.59 Å². The Bertz CT molecular complexity index is 606. The van der Waals surface area contributed by atoms with E-state index in [0.29, 0.717) is 19.0 Å². The van der Waals surface area contributed by atoms with Crippen LogP contribution in [0.4, 0.5) is 0 Å². The van der Waals surface area contributed by atoms with Gasteiger partial charge in [0, 0.05) is 32.1 Å². The molecule has 0 aromatic heterocycles. The Hall–Kier alpha value is -1.84. The van der Waals surface area contributed by atoms with E-state index in [9.17, 15) is 9.59 Å². The van der Waals surface area contributed by atoms with Crippen molar-refractivity contribution in [1.82, 2.24) is 9.80 Å². The predicted octanol–water partition coefficient (Wildman–Crippen LogP) is 3.22. The lowest BCUT2D eigenvalue weighted by Gasteiger charge is -2.36. The van der Waals surface area contributed by atoms with Crippen LogP contribution in [0.2, 0.25) is 0 Å². The molecule has 1 aliphatic carbocycles. The first kappa shape index (κ1) is 18.0. The maximum atomic E-state index is 13.5. The molecule has 3 rings (SSSR count). The molecule has 25 heavy (non-hydrogen) atoms. The highest BCUT2D eigenvalue weighted by Gasteiger charge is 2.41. The Kier molecular flexibility index (Phi) is 5.45. The van der Waals surface area contributed by atoms with Gasteiger partial charge in [-0.1, -0.05) is 44.2 Å². The molecule has 2 fully saturated rings. The Morgan fingerprint density at radius 1 is 0.960 bits per heavy atom. The third-order valence-electron chi connectivity index (χ3n) is 5.96. The fraction of sp³-hybridized carbons (Fsp3) is 0.619. The second-order valence-corrected chi connectivity index (χ2v) is 7.40. The molecule has 1 aromatic carbocycles. The average Bonchev–Trinajstić information content (AvgIpc) is 3.50. The van der Waals surface area contributed by atoms with Crippen LogP contribution in [0, 0.1) is 5.92 Å². The van der Waals surface area contributed by atoms with E-state index >= 15 is 0 Å². The molecule has 0 atom stereocenters. The molecule has 1 saturated heterocycles. The first-order chi connectivity index (χ1) is 12.1. The van der Waals surface area contributed by atoms with Gasteiger partial charge < -0.3 is 9.80 Å². The van der Waals surface area contributed by atoms with E-state index in [1.54, 1.807) is 0 Å². The Labute approximate surface area is 151 Å². The molecule has 136 valence electrons. The molecule has 2 aliphatic rings. The van der Waals surface area contributed by atoms with Gasteiger partial charge in [-0.25, -0.2) is 0 Å². The molecule has 2 amide bonds. The number of hydrogen-bond donors (Lipinski definition) is 0. The zero-order valence-electron chi connectivity index (χ0n) is 15.5. The summed E-state index contributed by atoms with van der Waals surface area (Å²) in [6.45, 7) is 7.09. The van der Waals surface area contributed by atoms with E-state index in [4.69, 9.17) is 0 Å². The van der Waals surface area contributed by atoms with Crippen molar-refractivity contribution in [3.63, 3.8) is 0 Å². The van der Waals surface area contributed by atoms with Crippen LogP contribution in [0.1, 0.15) is 51.5 Å². The highest BCUT2D eigenvalue weighted by Crippen LogP contribution is 2.35. The Balaban J connectivity index is 1.75. The number of carbonyl (C=O) groups is 2. The van der Waals surface area contributed by atoms with E-state index in [1.165, 1.54) is 0 Å². The summed E-state index contributed by atoms with van der Waals surface area (Å²) < 4.78 is 0. The summed E-state index contributed by atoms with van der Waals surface area (Å²) in [6, 6.07) is 10.2. The van der Waals surface area contributed by atoms with Crippen LogP contribution in [0.3, 0.4) is 0 Å². The lowest BCUT2D eigenvalue weighted by Crippen LogP contribution is -2.48. The monoisotopic (exact) mass is 342 g/mol. The molecule has 0 spiro atoms. The van der Waals surface area contributed by atoms with Crippen molar-refractivity contribution in [3.8, 4) is 0 Å². The molecular weight excluding hydrogens is 312 g/mol. The van der Waals surface area contributed by atoms with E-state index in [1.807, 2.05) is 28.0 Å². The van der Waals surface area contributed by atoms with Crippen LogP contribution in [0.25, 0.3) is 0 Å². The lowest BCUT2D eigenvalue weighted by molar-refractivity contribution is -0.138. The second-order valence-electron chi connectivity index (χ2n) is 7.40. The minimum Gasteiger partial charge on any atom is -0.341 e. The molecule has 1 aromatic rings. The van der Waals surface area contributed by atoms with Gasteiger partial charge in [0.2, 0.25) is 11.8 Å². The van der Waals surface area contributed by atoms with E-state index in [0.717, 1.165) is 50.8 Å². The summed E-state index contributed by atoms with van der Waals surface area (Å²) in [5.74, 6) is 0.788. The Morgan fingerprint density at radius 2 is 1.56 bits per heavy atom. The van der Waals surface area contributed by atoms with Crippen LogP contribution < -0.4 is 0 Å². The van der Waals surface area contributed by atoms with Gasteiger partial charge in [0.15, 0.2) is 0 Å².